The lowest BCUT2D eigenvalue weighted by atomic mass is 9.80. The highest BCUT2D eigenvalue weighted by Gasteiger charge is 2.47. The minimum atomic E-state index is 0.0767. The summed E-state index contributed by atoms with van der Waals surface area (Å²) in [6.07, 6.45) is 3.95. The molecular weight excluding hydrogens is 324 g/mol. The Morgan fingerprint density at radius 2 is 2.04 bits per heavy atom. The molecule has 5 heteroatoms. The highest BCUT2D eigenvalue weighted by molar-refractivity contribution is 5.94. The predicted octanol–water partition coefficient (Wildman–Crippen LogP) is 3.89. The first-order valence-electron chi connectivity index (χ1n) is 9.11. The first kappa shape index (κ1) is 16.6. The number of nitrogens with one attached hydrogen (secondary N) is 1. The lowest BCUT2D eigenvalue weighted by molar-refractivity contribution is -0.117. The van der Waals surface area contributed by atoms with E-state index in [2.05, 4.69) is 29.4 Å². The molecule has 0 bridgehead atoms. The molecule has 3 atom stereocenters. The molecule has 1 aromatic heterocycles. The second-order valence-electron chi connectivity index (χ2n) is 7.30. The van der Waals surface area contributed by atoms with Gasteiger partial charge in [-0.25, -0.2) is 4.98 Å². The van der Waals surface area contributed by atoms with Crippen LogP contribution in [0.25, 0.3) is 0 Å². The summed E-state index contributed by atoms with van der Waals surface area (Å²) in [5, 5.41) is 12.5. The number of hydrogen-bond donors (Lipinski definition) is 1. The predicted molar refractivity (Wildman–Crippen MR) is 101 cm³/mol. The molecule has 1 N–H and O–H groups in total. The summed E-state index contributed by atoms with van der Waals surface area (Å²) in [5.41, 5.74) is 2.67. The number of fused-ring (bicyclic) bond motifs is 1. The van der Waals surface area contributed by atoms with Crippen LogP contribution in [0.2, 0.25) is 0 Å². The Bertz CT molecular complexity index is 866. The van der Waals surface area contributed by atoms with E-state index in [-0.39, 0.29) is 23.9 Å². The molecule has 1 aromatic carbocycles. The molecule has 2 heterocycles. The summed E-state index contributed by atoms with van der Waals surface area (Å²) in [4.78, 5) is 18.8. The monoisotopic (exact) mass is 346 g/mol. The molecule has 132 valence electrons. The smallest absolute Gasteiger partial charge is 0.224 e. The zero-order valence-electron chi connectivity index (χ0n) is 15.0. The molecule has 1 unspecified atom stereocenters. The minimum absolute atomic E-state index is 0.0767. The van der Waals surface area contributed by atoms with Gasteiger partial charge in [0.1, 0.15) is 11.9 Å². The Morgan fingerprint density at radius 3 is 2.65 bits per heavy atom. The molecule has 1 aliphatic heterocycles. The number of para-hydroxylation sites is 1. The Labute approximate surface area is 153 Å². The van der Waals surface area contributed by atoms with E-state index in [0.29, 0.717) is 11.5 Å². The Kier molecular flexibility index (Phi) is 4.12. The van der Waals surface area contributed by atoms with Crippen molar-refractivity contribution < 1.29 is 4.79 Å². The fraction of sp³-hybridized carbons (Fsp3) is 0.381. The zero-order chi connectivity index (χ0) is 18.3. The number of hydrogen-bond acceptors (Lipinski definition) is 4. The standard InChI is InChI=1S/C21H22N4O/c1-13-20(24-19-10-7-15(11-22)12-23-19)17-5-3-4-6-18(17)25(14(2)26)21(13)16-8-9-16/h3-7,10,12-13,16,20-21H,8-9H2,1-2H3,(H,23,24)/t13-,20?,21-/m1/s1. The van der Waals surface area contributed by atoms with Gasteiger partial charge in [-0.2, -0.15) is 5.26 Å². The largest absolute Gasteiger partial charge is 0.363 e. The van der Waals surface area contributed by atoms with Crippen LogP contribution in [0.5, 0.6) is 0 Å². The lowest BCUT2D eigenvalue weighted by Gasteiger charge is -2.45. The van der Waals surface area contributed by atoms with Gasteiger partial charge in [-0.1, -0.05) is 25.1 Å². The Balaban J connectivity index is 1.74. The second kappa shape index (κ2) is 6.45. The highest BCUT2D eigenvalue weighted by Crippen LogP contribution is 2.49. The van der Waals surface area contributed by atoms with Crippen molar-refractivity contribution >= 4 is 17.4 Å². The first-order chi connectivity index (χ1) is 12.6. The number of carbonyl (C=O) groups is 1. The Morgan fingerprint density at radius 1 is 1.27 bits per heavy atom. The van der Waals surface area contributed by atoms with Crippen LogP contribution in [0.15, 0.2) is 42.6 Å². The number of pyridine rings is 1. The summed E-state index contributed by atoms with van der Waals surface area (Å²) in [7, 11) is 0. The van der Waals surface area contributed by atoms with Crippen molar-refractivity contribution in [1.82, 2.24) is 4.98 Å². The third-order valence-electron chi connectivity index (χ3n) is 5.53. The summed E-state index contributed by atoms with van der Waals surface area (Å²) in [5.74, 6) is 1.69. The van der Waals surface area contributed by atoms with Gasteiger partial charge in [0, 0.05) is 30.8 Å². The van der Waals surface area contributed by atoms with Crippen molar-refractivity contribution in [3.63, 3.8) is 0 Å². The van der Waals surface area contributed by atoms with Crippen LogP contribution in [-0.2, 0) is 4.79 Å². The van der Waals surface area contributed by atoms with Gasteiger partial charge in [-0.05, 0) is 42.5 Å². The van der Waals surface area contributed by atoms with Crippen LogP contribution < -0.4 is 10.2 Å². The molecular formula is C21H22N4O. The van der Waals surface area contributed by atoms with E-state index in [1.807, 2.05) is 29.2 Å². The van der Waals surface area contributed by atoms with Crippen LogP contribution in [0.3, 0.4) is 0 Å². The molecule has 1 aliphatic carbocycles. The van der Waals surface area contributed by atoms with Gasteiger partial charge < -0.3 is 10.2 Å². The fourth-order valence-corrected chi connectivity index (χ4v) is 4.22. The SMILES string of the molecule is CC(=O)N1c2ccccc2C(Nc2ccc(C#N)cn2)[C@@H](C)[C@@H]1C1CC1. The summed E-state index contributed by atoms with van der Waals surface area (Å²) in [6, 6.07) is 14.1. The first-order valence-corrected chi connectivity index (χ1v) is 9.11. The van der Waals surface area contributed by atoms with Gasteiger partial charge in [-0.3, -0.25) is 4.79 Å². The van der Waals surface area contributed by atoms with Crippen LogP contribution in [0.4, 0.5) is 11.5 Å². The van der Waals surface area contributed by atoms with E-state index in [1.54, 1.807) is 19.2 Å². The van der Waals surface area contributed by atoms with Gasteiger partial charge in [0.25, 0.3) is 0 Å². The second-order valence-corrected chi connectivity index (χ2v) is 7.30. The number of aromatic nitrogens is 1. The number of nitrogens with zero attached hydrogens (tertiary/aromatic N) is 3. The van der Waals surface area contributed by atoms with E-state index >= 15 is 0 Å². The van der Waals surface area contributed by atoms with Gasteiger partial charge >= 0.3 is 0 Å². The topological polar surface area (TPSA) is 69.0 Å². The van der Waals surface area contributed by atoms with Gasteiger partial charge in [-0.15, -0.1) is 0 Å². The summed E-state index contributed by atoms with van der Waals surface area (Å²) < 4.78 is 0. The lowest BCUT2D eigenvalue weighted by Crippen LogP contribution is -2.51. The number of amides is 1. The van der Waals surface area contributed by atoms with E-state index in [1.165, 1.54) is 12.8 Å². The fourth-order valence-electron chi connectivity index (χ4n) is 4.22. The van der Waals surface area contributed by atoms with Gasteiger partial charge in [0.15, 0.2) is 0 Å². The van der Waals surface area contributed by atoms with Crippen molar-refractivity contribution in [2.75, 3.05) is 10.2 Å². The third-order valence-corrected chi connectivity index (χ3v) is 5.53. The van der Waals surface area contributed by atoms with Gasteiger partial charge in [0.05, 0.1) is 11.6 Å². The minimum Gasteiger partial charge on any atom is -0.363 e. The van der Waals surface area contributed by atoms with Crippen molar-refractivity contribution in [2.24, 2.45) is 11.8 Å². The maximum atomic E-state index is 12.4. The van der Waals surface area contributed by atoms with Crippen LogP contribution >= 0.6 is 0 Å². The molecule has 1 fully saturated rings. The molecule has 2 aromatic rings. The average molecular weight is 346 g/mol. The molecule has 5 nitrogen and oxygen atoms in total. The van der Waals surface area contributed by atoms with Crippen molar-refractivity contribution in [2.45, 2.75) is 38.8 Å². The normalized spacial score (nSPS) is 24.5. The maximum absolute atomic E-state index is 12.4. The third kappa shape index (κ3) is 2.82. The summed E-state index contributed by atoms with van der Waals surface area (Å²) >= 11 is 0. The van der Waals surface area contributed by atoms with Crippen LogP contribution in [0.1, 0.15) is 43.9 Å². The number of nitriles is 1. The van der Waals surface area contributed by atoms with E-state index in [4.69, 9.17) is 5.26 Å². The van der Waals surface area contributed by atoms with E-state index in [9.17, 15) is 4.79 Å². The maximum Gasteiger partial charge on any atom is 0.224 e. The number of benzene rings is 1. The van der Waals surface area contributed by atoms with Crippen LogP contribution in [0, 0.1) is 23.2 Å². The van der Waals surface area contributed by atoms with E-state index < -0.39 is 0 Å². The zero-order valence-corrected chi connectivity index (χ0v) is 15.0. The van der Waals surface area contributed by atoms with Crippen molar-refractivity contribution in [3.05, 3.63) is 53.7 Å². The molecule has 1 amide bonds. The van der Waals surface area contributed by atoms with Crippen molar-refractivity contribution in [1.29, 1.82) is 5.26 Å². The van der Waals surface area contributed by atoms with Crippen LogP contribution in [-0.4, -0.2) is 16.9 Å². The Hall–Kier alpha value is -2.87. The average Bonchev–Trinajstić information content (AvgIpc) is 3.48. The highest BCUT2D eigenvalue weighted by atomic mass is 16.2. The molecule has 0 radical (unpaired) electrons. The molecule has 1 saturated carbocycles. The van der Waals surface area contributed by atoms with Gasteiger partial charge in [0.2, 0.25) is 5.91 Å². The molecule has 0 spiro atoms. The van der Waals surface area contributed by atoms with E-state index in [0.717, 1.165) is 17.1 Å². The molecule has 26 heavy (non-hydrogen) atoms. The number of rotatable bonds is 3. The van der Waals surface area contributed by atoms with Crippen molar-refractivity contribution in [3.8, 4) is 6.07 Å². The molecule has 0 saturated heterocycles. The quantitative estimate of drug-likeness (QED) is 0.915. The molecule has 4 rings (SSSR count). The molecule has 2 aliphatic rings. The number of anilines is 2. The number of carbonyl (C=O) groups excluding carboxylic acids is 1. The summed E-state index contributed by atoms with van der Waals surface area (Å²) in [6.45, 7) is 3.88.